The van der Waals surface area contributed by atoms with Gasteiger partial charge in [-0.3, -0.25) is 9.59 Å². The first-order chi connectivity index (χ1) is 7.27. The van der Waals surface area contributed by atoms with Crippen molar-refractivity contribution in [1.82, 2.24) is 20.2 Å². The lowest BCUT2D eigenvalue weighted by Crippen LogP contribution is -2.46. The molecule has 1 amide bonds. The lowest BCUT2D eigenvalue weighted by Gasteiger charge is -2.26. The molecule has 0 aliphatic carbocycles. The zero-order valence-corrected chi connectivity index (χ0v) is 8.19. The Labute approximate surface area is 86.3 Å². The minimum atomic E-state index is -0.302. The number of piperazine rings is 1. The molecular formula is C9H12N4O2. The van der Waals surface area contributed by atoms with E-state index in [9.17, 15) is 9.59 Å². The molecule has 0 radical (unpaired) electrons. The quantitative estimate of drug-likeness (QED) is 0.608. The summed E-state index contributed by atoms with van der Waals surface area (Å²) in [5.41, 5.74) is -0.0934. The highest BCUT2D eigenvalue weighted by molar-refractivity contribution is 5.92. The van der Waals surface area contributed by atoms with Crippen LogP contribution in [0.5, 0.6) is 0 Å². The summed E-state index contributed by atoms with van der Waals surface area (Å²) in [6.07, 6.45) is 1.25. The van der Waals surface area contributed by atoms with Gasteiger partial charge in [0.1, 0.15) is 5.69 Å². The third-order valence-electron chi connectivity index (χ3n) is 2.30. The van der Waals surface area contributed by atoms with E-state index in [2.05, 4.69) is 15.3 Å². The molecule has 2 N–H and O–H groups in total. The summed E-state index contributed by atoms with van der Waals surface area (Å²) in [7, 11) is 0. The van der Waals surface area contributed by atoms with E-state index in [1.165, 1.54) is 12.4 Å². The number of H-pyrrole nitrogens is 1. The van der Waals surface area contributed by atoms with Crippen molar-refractivity contribution in [3.8, 4) is 0 Å². The molecule has 1 fully saturated rings. The van der Waals surface area contributed by atoms with Gasteiger partial charge in [0.25, 0.3) is 11.5 Å². The fourth-order valence-electron chi connectivity index (χ4n) is 1.52. The molecule has 1 aliphatic rings. The summed E-state index contributed by atoms with van der Waals surface area (Å²) in [6, 6.07) is 1.23. The van der Waals surface area contributed by atoms with Crippen LogP contribution in [-0.2, 0) is 0 Å². The van der Waals surface area contributed by atoms with Crippen molar-refractivity contribution in [3.63, 3.8) is 0 Å². The van der Waals surface area contributed by atoms with Crippen LogP contribution in [0, 0.1) is 0 Å². The third-order valence-corrected chi connectivity index (χ3v) is 2.30. The normalized spacial score (nSPS) is 16.4. The van der Waals surface area contributed by atoms with E-state index in [1.807, 2.05) is 0 Å². The zero-order chi connectivity index (χ0) is 10.7. The highest BCUT2D eigenvalue weighted by atomic mass is 16.2. The predicted octanol–water partition coefficient (Wildman–Crippen LogP) is -1.18. The topological polar surface area (TPSA) is 78.1 Å². The highest BCUT2D eigenvalue weighted by Gasteiger charge is 2.18. The average Bonchev–Trinajstić information content (AvgIpc) is 2.29. The minimum absolute atomic E-state index is 0.178. The Bertz CT molecular complexity index is 409. The lowest BCUT2D eigenvalue weighted by atomic mass is 10.3. The number of amides is 1. The first-order valence-electron chi connectivity index (χ1n) is 4.82. The monoisotopic (exact) mass is 208 g/mol. The van der Waals surface area contributed by atoms with Crippen molar-refractivity contribution in [1.29, 1.82) is 0 Å². The van der Waals surface area contributed by atoms with E-state index in [0.29, 0.717) is 13.1 Å². The van der Waals surface area contributed by atoms with Crippen molar-refractivity contribution < 1.29 is 4.79 Å². The molecule has 6 nitrogen and oxygen atoms in total. The van der Waals surface area contributed by atoms with Gasteiger partial charge in [-0.2, -0.15) is 0 Å². The van der Waals surface area contributed by atoms with Gasteiger partial charge in [-0.1, -0.05) is 0 Å². The van der Waals surface area contributed by atoms with Crippen LogP contribution in [0.2, 0.25) is 0 Å². The Morgan fingerprint density at radius 3 is 2.80 bits per heavy atom. The number of carbonyl (C=O) groups is 1. The number of aromatic nitrogens is 2. The number of nitrogens with zero attached hydrogens (tertiary/aromatic N) is 2. The van der Waals surface area contributed by atoms with E-state index in [-0.39, 0.29) is 17.2 Å². The van der Waals surface area contributed by atoms with Crippen LogP contribution < -0.4 is 10.9 Å². The molecular weight excluding hydrogens is 196 g/mol. The molecule has 0 bridgehead atoms. The van der Waals surface area contributed by atoms with Gasteiger partial charge in [0.15, 0.2) is 0 Å². The van der Waals surface area contributed by atoms with Crippen LogP contribution in [0.1, 0.15) is 10.5 Å². The van der Waals surface area contributed by atoms with Gasteiger partial charge in [0, 0.05) is 32.2 Å². The van der Waals surface area contributed by atoms with Crippen LogP contribution in [0.15, 0.2) is 17.2 Å². The molecule has 1 aromatic rings. The largest absolute Gasteiger partial charge is 0.335 e. The molecule has 15 heavy (non-hydrogen) atoms. The number of carbonyl (C=O) groups excluding carboxylic acids is 1. The molecule has 0 unspecified atom stereocenters. The molecule has 2 heterocycles. The van der Waals surface area contributed by atoms with Crippen molar-refractivity contribution in [3.05, 3.63) is 28.4 Å². The van der Waals surface area contributed by atoms with Crippen LogP contribution in [0.25, 0.3) is 0 Å². The molecule has 0 spiro atoms. The van der Waals surface area contributed by atoms with Gasteiger partial charge in [0.2, 0.25) is 0 Å². The average molecular weight is 208 g/mol. The predicted molar refractivity (Wildman–Crippen MR) is 53.6 cm³/mol. The number of hydrogen-bond donors (Lipinski definition) is 2. The highest BCUT2D eigenvalue weighted by Crippen LogP contribution is 2.00. The van der Waals surface area contributed by atoms with Crippen LogP contribution >= 0.6 is 0 Å². The first-order valence-corrected chi connectivity index (χ1v) is 4.82. The van der Waals surface area contributed by atoms with Gasteiger partial charge in [-0.05, 0) is 0 Å². The number of nitrogens with one attached hydrogen (secondary N) is 2. The molecule has 0 saturated carbocycles. The summed E-state index contributed by atoms with van der Waals surface area (Å²) in [6.45, 7) is 2.89. The molecule has 0 atom stereocenters. The molecule has 6 heteroatoms. The second kappa shape index (κ2) is 4.22. The summed E-state index contributed by atoms with van der Waals surface area (Å²) < 4.78 is 0. The molecule has 0 aromatic carbocycles. The summed E-state index contributed by atoms with van der Waals surface area (Å²) >= 11 is 0. The number of aromatic amines is 1. The Morgan fingerprint density at radius 1 is 1.40 bits per heavy atom. The first kappa shape index (κ1) is 9.85. The van der Waals surface area contributed by atoms with E-state index in [1.54, 1.807) is 4.90 Å². The minimum Gasteiger partial charge on any atom is -0.335 e. The standard InChI is InChI=1S/C9H12N4O2/c14-8-5-7(11-6-12-8)9(15)13-3-1-10-2-4-13/h5-6,10H,1-4H2,(H,11,12,14). The Balaban J connectivity index is 2.16. The van der Waals surface area contributed by atoms with Gasteiger partial charge < -0.3 is 15.2 Å². The van der Waals surface area contributed by atoms with Gasteiger partial charge in [0.05, 0.1) is 6.33 Å². The molecule has 80 valence electrons. The maximum Gasteiger partial charge on any atom is 0.272 e. The smallest absolute Gasteiger partial charge is 0.272 e. The summed E-state index contributed by atoms with van der Waals surface area (Å²) in [5.74, 6) is -0.178. The summed E-state index contributed by atoms with van der Waals surface area (Å²) in [5, 5.41) is 3.15. The third kappa shape index (κ3) is 2.21. The fraction of sp³-hybridized carbons (Fsp3) is 0.444. The lowest BCUT2D eigenvalue weighted by molar-refractivity contribution is 0.0729. The maximum absolute atomic E-state index is 11.8. The van der Waals surface area contributed by atoms with E-state index in [4.69, 9.17) is 0 Å². The molecule has 1 aromatic heterocycles. The van der Waals surface area contributed by atoms with E-state index < -0.39 is 0 Å². The van der Waals surface area contributed by atoms with Crippen molar-refractivity contribution >= 4 is 5.91 Å². The number of rotatable bonds is 1. The van der Waals surface area contributed by atoms with Crippen molar-refractivity contribution in [2.45, 2.75) is 0 Å². The fourth-order valence-corrected chi connectivity index (χ4v) is 1.52. The van der Waals surface area contributed by atoms with Crippen molar-refractivity contribution in [2.75, 3.05) is 26.2 Å². The molecule has 1 saturated heterocycles. The Morgan fingerprint density at radius 2 is 2.13 bits per heavy atom. The Hall–Kier alpha value is -1.69. The van der Waals surface area contributed by atoms with Gasteiger partial charge in [-0.15, -0.1) is 0 Å². The second-order valence-electron chi connectivity index (χ2n) is 3.34. The van der Waals surface area contributed by atoms with E-state index in [0.717, 1.165) is 13.1 Å². The van der Waals surface area contributed by atoms with Crippen molar-refractivity contribution in [2.24, 2.45) is 0 Å². The Kier molecular flexibility index (Phi) is 2.77. The summed E-state index contributed by atoms with van der Waals surface area (Å²) in [4.78, 5) is 30.8. The zero-order valence-electron chi connectivity index (χ0n) is 8.19. The van der Waals surface area contributed by atoms with E-state index >= 15 is 0 Å². The van der Waals surface area contributed by atoms with Gasteiger partial charge >= 0.3 is 0 Å². The van der Waals surface area contributed by atoms with Crippen LogP contribution in [0.3, 0.4) is 0 Å². The second-order valence-corrected chi connectivity index (χ2v) is 3.34. The molecule has 1 aliphatic heterocycles. The van der Waals surface area contributed by atoms with Crippen LogP contribution in [0.4, 0.5) is 0 Å². The number of hydrogen-bond acceptors (Lipinski definition) is 4. The van der Waals surface area contributed by atoms with Crippen LogP contribution in [-0.4, -0.2) is 47.0 Å². The maximum atomic E-state index is 11.8. The SMILES string of the molecule is O=C(c1cc(=O)[nH]cn1)N1CCNCC1. The molecule has 2 rings (SSSR count). The van der Waals surface area contributed by atoms with Gasteiger partial charge in [-0.25, -0.2) is 4.98 Å².